The minimum Gasteiger partial charge on any atom is -0.371 e. The van der Waals surface area contributed by atoms with Gasteiger partial charge < -0.3 is 9.80 Å². The third-order valence-corrected chi connectivity index (χ3v) is 7.17. The number of nitrogens with zero attached hydrogens (tertiary/aromatic N) is 3. The topological polar surface area (TPSA) is 90.8 Å². The molecule has 2 aliphatic rings. The van der Waals surface area contributed by atoms with E-state index < -0.39 is 4.92 Å². The molecule has 0 bridgehead atoms. The second-order valence-corrected chi connectivity index (χ2v) is 9.83. The van der Waals surface area contributed by atoms with Crippen molar-refractivity contribution in [3.63, 3.8) is 0 Å². The summed E-state index contributed by atoms with van der Waals surface area (Å²) < 4.78 is 13.5. The zero-order valence-corrected chi connectivity index (χ0v) is 20.4. The molecule has 2 fully saturated rings. The second kappa shape index (κ2) is 11.1. The van der Waals surface area contributed by atoms with Crippen LogP contribution in [0.4, 0.5) is 15.8 Å². The number of nitro benzene ring substituents is 1. The number of hydrogen-bond acceptors (Lipinski definition) is 6. The highest BCUT2D eigenvalue weighted by atomic mass is 19.1. The Kier molecular flexibility index (Phi) is 7.97. The molecule has 1 amide bonds. The van der Waals surface area contributed by atoms with E-state index >= 15 is 0 Å². The number of halogens is 1. The molecule has 2 aliphatic heterocycles. The van der Waals surface area contributed by atoms with Gasteiger partial charge in [0.25, 0.3) is 11.6 Å². The lowest BCUT2D eigenvalue weighted by Gasteiger charge is -2.33. The SMILES string of the molecule is CC1CCN(c2ccc([N+](=O)[O-])cc2C(=O)N(C)CCCC2CC(c3cccc(F)c3)NN2)CC1. The number of hydrogen-bond donors (Lipinski definition) is 2. The van der Waals surface area contributed by atoms with E-state index in [-0.39, 0.29) is 29.5 Å². The van der Waals surface area contributed by atoms with Gasteiger partial charge >= 0.3 is 0 Å². The number of carbonyl (C=O) groups excluding carboxylic acids is 1. The summed E-state index contributed by atoms with van der Waals surface area (Å²) in [6, 6.07) is 11.5. The maximum atomic E-state index is 13.5. The van der Waals surface area contributed by atoms with Crippen molar-refractivity contribution in [2.75, 3.05) is 31.6 Å². The van der Waals surface area contributed by atoms with E-state index in [1.54, 1.807) is 30.1 Å². The smallest absolute Gasteiger partial charge is 0.270 e. The number of hydrazine groups is 1. The average Bonchev–Trinajstić information content (AvgIpc) is 3.32. The maximum Gasteiger partial charge on any atom is 0.270 e. The van der Waals surface area contributed by atoms with E-state index in [1.807, 2.05) is 6.07 Å². The number of non-ortho nitro benzene ring substituents is 1. The van der Waals surface area contributed by atoms with Crippen LogP contribution in [0.15, 0.2) is 42.5 Å². The van der Waals surface area contributed by atoms with Gasteiger partial charge in [-0.1, -0.05) is 19.1 Å². The molecule has 0 aliphatic carbocycles. The first kappa shape index (κ1) is 25.1. The van der Waals surface area contributed by atoms with Crippen molar-refractivity contribution in [1.29, 1.82) is 0 Å². The molecule has 2 heterocycles. The predicted molar refractivity (Wildman–Crippen MR) is 134 cm³/mol. The third-order valence-electron chi connectivity index (χ3n) is 7.17. The molecule has 0 aromatic heterocycles. The number of nitrogens with one attached hydrogen (secondary N) is 2. The number of amides is 1. The van der Waals surface area contributed by atoms with Crippen LogP contribution in [0.5, 0.6) is 0 Å². The molecule has 2 aromatic carbocycles. The largest absolute Gasteiger partial charge is 0.371 e. The lowest BCUT2D eigenvalue weighted by molar-refractivity contribution is -0.384. The molecule has 4 rings (SSSR count). The molecule has 2 atom stereocenters. The number of piperidine rings is 1. The Hall–Kier alpha value is -3.04. The molecule has 188 valence electrons. The molecule has 0 spiro atoms. The number of carbonyl (C=O) groups is 1. The Morgan fingerprint density at radius 3 is 2.69 bits per heavy atom. The Morgan fingerprint density at radius 1 is 1.20 bits per heavy atom. The minimum absolute atomic E-state index is 0.0507. The Bertz CT molecular complexity index is 1060. The van der Waals surface area contributed by atoms with Crippen LogP contribution >= 0.6 is 0 Å². The van der Waals surface area contributed by atoms with E-state index in [1.165, 1.54) is 18.2 Å². The van der Waals surface area contributed by atoms with Crippen molar-refractivity contribution < 1.29 is 14.1 Å². The predicted octanol–water partition coefficient (Wildman–Crippen LogP) is 4.43. The first-order chi connectivity index (χ1) is 16.8. The summed E-state index contributed by atoms with van der Waals surface area (Å²) in [6.07, 6.45) is 4.55. The van der Waals surface area contributed by atoms with Crippen molar-refractivity contribution in [2.45, 2.75) is 51.1 Å². The van der Waals surface area contributed by atoms with Gasteiger partial charge in [-0.3, -0.25) is 25.8 Å². The lowest BCUT2D eigenvalue weighted by Crippen LogP contribution is -2.36. The molecule has 8 nitrogen and oxygen atoms in total. The van der Waals surface area contributed by atoms with Gasteiger partial charge in [-0.25, -0.2) is 4.39 Å². The molecule has 35 heavy (non-hydrogen) atoms. The van der Waals surface area contributed by atoms with Gasteiger partial charge in [-0.15, -0.1) is 0 Å². The van der Waals surface area contributed by atoms with Crippen LogP contribution in [-0.4, -0.2) is 48.5 Å². The van der Waals surface area contributed by atoms with Gasteiger partial charge in [-0.05, 0) is 61.8 Å². The molecule has 2 N–H and O–H groups in total. The van der Waals surface area contributed by atoms with E-state index in [0.717, 1.165) is 56.4 Å². The standard InChI is InChI=1S/C26H34FN5O3/c1-18-10-13-31(14-11-18)25-9-8-22(32(34)35)17-23(25)26(33)30(2)12-4-7-21-16-24(29-28-21)19-5-3-6-20(27)15-19/h3,5-6,8-9,15,17-18,21,24,28-29H,4,7,10-14,16H2,1-2H3. The molecule has 2 unspecified atom stereocenters. The van der Waals surface area contributed by atoms with Crippen molar-refractivity contribution in [1.82, 2.24) is 15.8 Å². The number of anilines is 1. The summed E-state index contributed by atoms with van der Waals surface area (Å²) >= 11 is 0. The molecule has 9 heteroatoms. The molecule has 2 aromatic rings. The fraction of sp³-hybridized carbons (Fsp3) is 0.500. The molecule has 0 radical (unpaired) electrons. The number of nitro groups is 1. The van der Waals surface area contributed by atoms with Gasteiger partial charge in [0.05, 0.1) is 16.2 Å². The normalized spacial score (nSPS) is 20.7. The van der Waals surface area contributed by atoms with Crippen LogP contribution in [0, 0.1) is 21.8 Å². The second-order valence-electron chi connectivity index (χ2n) is 9.83. The summed E-state index contributed by atoms with van der Waals surface area (Å²) in [7, 11) is 1.75. The zero-order chi connectivity index (χ0) is 24.9. The van der Waals surface area contributed by atoms with Crippen LogP contribution in [0.3, 0.4) is 0 Å². The first-order valence-corrected chi connectivity index (χ1v) is 12.4. The van der Waals surface area contributed by atoms with Crippen molar-refractivity contribution in [3.05, 3.63) is 69.5 Å². The van der Waals surface area contributed by atoms with Gasteiger partial charge in [0, 0.05) is 50.9 Å². The zero-order valence-electron chi connectivity index (χ0n) is 20.4. The van der Waals surface area contributed by atoms with Gasteiger partial charge in [0.1, 0.15) is 5.82 Å². The van der Waals surface area contributed by atoms with Crippen molar-refractivity contribution in [2.24, 2.45) is 5.92 Å². The first-order valence-electron chi connectivity index (χ1n) is 12.4. The van der Waals surface area contributed by atoms with Crippen LogP contribution < -0.4 is 15.8 Å². The highest BCUT2D eigenvalue weighted by molar-refractivity contribution is 6.00. The molecular formula is C26H34FN5O3. The Balaban J connectivity index is 1.36. The molecule has 2 saturated heterocycles. The highest BCUT2D eigenvalue weighted by Crippen LogP contribution is 2.30. The van der Waals surface area contributed by atoms with E-state index in [4.69, 9.17) is 0 Å². The summed E-state index contributed by atoms with van der Waals surface area (Å²) in [6.45, 7) is 4.45. The fourth-order valence-corrected chi connectivity index (χ4v) is 4.97. The molecular weight excluding hydrogens is 449 g/mol. The van der Waals surface area contributed by atoms with Crippen LogP contribution in [0.2, 0.25) is 0 Å². The van der Waals surface area contributed by atoms with Gasteiger partial charge in [-0.2, -0.15) is 0 Å². The monoisotopic (exact) mass is 483 g/mol. The highest BCUT2D eigenvalue weighted by Gasteiger charge is 2.27. The van der Waals surface area contributed by atoms with Gasteiger partial charge in [0.2, 0.25) is 0 Å². The Labute approximate surface area is 205 Å². The number of rotatable bonds is 8. The van der Waals surface area contributed by atoms with Crippen LogP contribution in [0.25, 0.3) is 0 Å². The summed E-state index contributed by atoms with van der Waals surface area (Å²) in [5, 5.41) is 11.4. The van der Waals surface area contributed by atoms with Crippen molar-refractivity contribution in [3.8, 4) is 0 Å². The number of benzene rings is 2. The average molecular weight is 484 g/mol. The fourth-order valence-electron chi connectivity index (χ4n) is 4.97. The maximum absolute atomic E-state index is 13.5. The summed E-state index contributed by atoms with van der Waals surface area (Å²) in [5.74, 6) is 0.204. The van der Waals surface area contributed by atoms with Crippen LogP contribution in [0.1, 0.15) is 61.0 Å². The third kappa shape index (κ3) is 6.15. The van der Waals surface area contributed by atoms with E-state index in [2.05, 4.69) is 22.7 Å². The van der Waals surface area contributed by atoms with E-state index in [0.29, 0.717) is 18.0 Å². The lowest BCUT2D eigenvalue weighted by atomic mass is 9.97. The Morgan fingerprint density at radius 2 is 1.97 bits per heavy atom. The molecule has 0 saturated carbocycles. The quantitative estimate of drug-likeness (QED) is 0.426. The van der Waals surface area contributed by atoms with E-state index in [9.17, 15) is 19.3 Å². The summed E-state index contributed by atoms with van der Waals surface area (Å²) in [5.41, 5.74) is 8.53. The van der Waals surface area contributed by atoms with Crippen molar-refractivity contribution >= 4 is 17.3 Å². The van der Waals surface area contributed by atoms with Gasteiger partial charge in [0.15, 0.2) is 0 Å². The minimum atomic E-state index is -0.452. The summed E-state index contributed by atoms with van der Waals surface area (Å²) in [4.78, 5) is 28.1. The van der Waals surface area contributed by atoms with Crippen LogP contribution in [-0.2, 0) is 0 Å².